The van der Waals surface area contributed by atoms with Gasteiger partial charge in [0.2, 0.25) is 0 Å². The molecule has 3 rings (SSSR count). The van der Waals surface area contributed by atoms with Crippen molar-refractivity contribution < 1.29 is 13.5 Å². The van der Waals surface area contributed by atoms with Crippen LogP contribution in [-0.2, 0) is 10.0 Å². The summed E-state index contributed by atoms with van der Waals surface area (Å²) in [6.45, 7) is 0. The van der Waals surface area contributed by atoms with Crippen LogP contribution < -0.4 is 4.90 Å². The number of aromatic hydroxyl groups is 1. The zero-order valence-electron chi connectivity index (χ0n) is 14.4. The van der Waals surface area contributed by atoms with Crippen LogP contribution in [0.25, 0.3) is 0 Å². The van der Waals surface area contributed by atoms with E-state index in [2.05, 4.69) is 20.3 Å². The molecule has 138 valence electrons. The number of sulfonamides is 1. The fraction of sp³-hybridized carbons (Fsp3) is 0.0500. The van der Waals surface area contributed by atoms with E-state index in [9.17, 15) is 13.5 Å². The number of halogens is 1. The number of amidine groups is 1. The number of nitrogens with zero attached hydrogens (tertiary/aromatic N) is 2. The van der Waals surface area contributed by atoms with E-state index in [1.807, 2.05) is 18.2 Å². The van der Waals surface area contributed by atoms with E-state index < -0.39 is 10.0 Å². The highest BCUT2D eigenvalue weighted by Gasteiger charge is 2.19. The molecule has 0 radical (unpaired) electrons. The molecule has 3 aromatic carbocycles. The third-order valence-corrected chi connectivity index (χ3v) is 5.71. The van der Waals surface area contributed by atoms with Crippen molar-refractivity contribution in [2.75, 3.05) is 11.9 Å². The summed E-state index contributed by atoms with van der Waals surface area (Å²) in [6.07, 6.45) is 0. The molecular formula is C20H17BrN2O3S. The SMILES string of the molecule is CN(/C(=N\S(=O)(=O)c1ccc(Br)cc1)c1ccccc1)c1ccc(O)cc1. The third-order valence-electron chi connectivity index (χ3n) is 3.90. The molecule has 1 N–H and O–H groups in total. The summed E-state index contributed by atoms with van der Waals surface area (Å²) in [4.78, 5) is 1.78. The Labute approximate surface area is 166 Å². The molecule has 7 heteroatoms. The van der Waals surface area contributed by atoms with Crippen LogP contribution in [-0.4, -0.2) is 26.4 Å². The first-order valence-electron chi connectivity index (χ1n) is 8.05. The van der Waals surface area contributed by atoms with Gasteiger partial charge in [0, 0.05) is 22.8 Å². The van der Waals surface area contributed by atoms with Gasteiger partial charge in [0.25, 0.3) is 10.0 Å². The Morgan fingerprint density at radius 2 is 1.52 bits per heavy atom. The van der Waals surface area contributed by atoms with Crippen molar-refractivity contribution in [1.82, 2.24) is 0 Å². The fourth-order valence-corrected chi connectivity index (χ4v) is 3.77. The Morgan fingerprint density at radius 1 is 0.926 bits per heavy atom. The lowest BCUT2D eigenvalue weighted by Gasteiger charge is -2.21. The van der Waals surface area contributed by atoms with Gasteiger partial charge in [-0.2, -0.15) is 8.42 Å². The predicted molar refractivity (Wildman–Crippen MR) is 111 cm³/mol. The van der Waals surface area contributed by atoms with E-state index in [0.29, 0.717) is 11.3 Å². The molecule has 0 aliphatic carbocycles. The monoisotopic (exact) mass is 444 g/mol. The van der Waals surface area contributed by atoms with Crippen LogP contribution >= 0.6 is 15.9 Å². The lowest BCUT2D eigenvalue weighted by atomic mass is 10.2. The predicted octanol–water partition coefficient (Wildman–Crippen LogP) is 4.43. The molecule has 0 spiro atoms. The molecule has 0 fully saturated rings. The van der Waals surface area contributed by atoms with Crippen molar-refractivity contribution in [2.45, 2.75) is 4.90 Å². The first kappa shape index (κ1) is 19.1. The molecule has 27 heavy (non-hydrogen) atoms. The molecule has 5 nitrogen and oxygen atoms in total. The van der Waals surface area contributed by atoms with Gasteiger partial charge < -0.3 is 10.0 Å². The van der Waals surface area contributed by atoms with E-state index in [-0.39, 0.29) is 16.5 Å². The maximum atomic E-state index is 12.8. The van der Waals surface area contributed by atoms with Gasteiger partial charge in [-0.25, -0.2) is 0 Å². The number of benzene rings is 3. The second-order valence-corrected chi connectivity index (χ2v) is 8.31. The van der Waals surface area contributed by atoms with Crippen LogP contribution in [0, 0.1) is 0 Å². The lowest BCUT2D eigenvalue weighted by molar-refractivity contribution is 0.475. The van der Waals surface area contributed by atoms with Gasteiger partial charge in [-0.1, -0.05) is 46.3 Å². The van der Waals surface area contributed by atoms with Crippen molar-refractivity contribution in [1.29, 1.82) is 0 Å². The molecule has 0 atom stereocenters. The number of anilines is 1. The third kappa shape index (κ3) is 4.56. The van der Waals surface area contributed by atoms with Crippen LogP contribution in [0.4, 0.5) is 5.69 Å². The molecular weight excluding hydrogens is 428 g/mol. The summed E-state index contributed by atoms with van der Waals surface area (Å²) in [5.74, 6) is 0.414. The van der Waals surface area contributed by atoms with E-state index in [4.69, 9.17) is 0 Å². The minimum Gasteiger partial charge on any atom is -0.508 e. The summed E-state index contributed by atoms with van der Waals surface area (Å²) in [5.41, 5.74) is 1.36. The average Bonchev–Trinajstić information content (AvgIpc) is 2.67. The van der Waals surface area contributed by atoms with Crippen molar-refractivity contribution >= 4 is 37.5 Å². The number of hydrogen-bond acceptors (Lipinski definition) is 3. The normalized spacial score (nSPS) is 12.0. The van der Waals surface area contributed by atoms with Crippen LogP contribution in [0.5, 0.6) is 5.75 Å². The van der Waals surface area contributed by atoms with Gasteiger partial charge in [0.1, 0.15) is 5.75 Å². The summed E-state index contributed by atoms with van der Waals surface area (Å²) in [7, 11) is -2.18. The molecule has 0 bridgehead atoms. The lowest BCUT2D eigenvalue weighted by Crippen LogP contribution is -2.28. The van der Waals surface area contributed by atoms with E-state index in [0.717, 1.165) is 4.47 Å². The van der Waals surface area contributed by atoms with Crippen molar-refractivity contribution in [2.24, 2.45) is 4.40 Å². The number of phenols is 1. The minimum absolute atomic E-state index is 0.109. The first-order chi connectivity index (χ1) is 12.9. The zero-order valence-corrected chi connectivity index (χ0v) is 16.9. The number of phenolic OH excluding ortho intramolecular Hbond substituents is 1. The summed E-state index contributed by atoms with van der Waals surface area (Å²) >= 11 is 3.30. The van der Waals surface area contributed by atoms with Gasteiger partial charge in [0.15, 0.2) is 5.84 Å². The minimum atomic E-state index is -3.91. The molecule has 0 saturated heterocycles. The maximum Gasteiger partial charge on any atom is 0.284 e. The number of hydrogen-bond donors (Lipinski definition) is 1. The smallest absolute Gasteiger partial charge is 0.284 e. The van der Waals surface area contributed by atoms with E-state index in [1.165, 1.54) is 24.3 Å². The quantitative estimate of drug-likeness (QED) is 0.477. The Morgan fingerprint density at radius 3 is 2.11 bits per heavy atom. The summed E-state index contributed by atoms with van der Waals surface area (Å²) < 4.78 is 30.6. The summed E-state index contributed by atoms with van der Waals surface area (Å²) in [6, 6.07) is 21.9. The van der Waals surface area contributed by atoms with E-state index >= 15 is 0 Å². The highest BCUT2D eigenvalue weighted by atomic mass is 79.9. The maximum absolute atomic E-state index is 12.8. The Kier molecular flexibility index (Phi) is 5.62. The van der Waals surface area contributed by atoms with Crippen molar-refractivity contribution in [3.05, 3.63) is 88.9 Å². The second-order valence-electron chi connectivity index (χ2n) is 5.79. The topological polar surface area (TPSA) is 70.0 Å². The first-order valence-corrected chi connectivity index (χ1v) is 10.3. The number of rotatable bonds is 4. The second kappa shape index (κ2) is 7.94. The van der Waals surface area contributed by atoms with Gasteiger partial charge in [-0.3, -0.25) is 0 Å². The largest absolute Gasteiger partial charge is 0.508 e. The van der Waals surface area contributed by atoms with Gasteiger partial charge in [-0.05, 0) is 48.5 Å². The van der Waals surface area contributed by atoms with Crippen LogP contribution in [0.1, 0.15) is 5.56 Å². The molecule has 0 aliphatic rings. The molecule has 0 heterocycles. The molecule has 0 amide bonds. The molecule has 0 saturated carbocycles. The van der Waals surface area contributed by atoms with Gasteiger partial charge >= 0.3 is 0 Å². The average molecular weight is 445 g/mol. The van der Waals surface area contributed by atoms with Crippen LogP contribution in [0.15, 0.2) is 92.6 Å². The van der Waals surface area contributed by atoms with Crippen molar-refractivity contribution in [3.63, 3.8) is 0 Å². The van der Waals surface area contributed by atoms with Crippen LogP contribution in [0.2, 0.25) is 0 Å². The Bertz CT molecular complexity index is 1050. The Balaban J connectivity index is 2.11. The van der Waals surface area contributed by atoms with Crippen LogP contribution in [0.3, 0.4) is 0 Å². The molecule has 0 aromatic heterocycles. The van der Waals surface area contributed by atoms with Crippen molar-refractivity contribution in [3.8, 4) is 5.75 Å². The standard InChI is InChI=1S/C20H17BrN2O3S/c1-23(17-9-11-18(24)12-10-17)20(15-5-3-2-4-6-15)22-27(25,26)19-13-7-16(21)8-14-19/h2-14,24H,1H3/b22-20-. The van der Waals surface area contributed by atoms with E-state index in [1.54, 1.807) is 48.3 Å². The summed E-state index contributed by atoms with van der Waals surface area (Å²) in [5, 5.41) is 9.50. The zero-order chi connectivity index (χ0) is 19.4. The molecule has 0 unspecified atom stereocenters. The fourth-order valence-electron chi connectivity index (χ4n) is 2.47. The highest BCUT2D eigenvalue weighted by Crippen LogP contribution is 2.22. The molecule has 3 aromatic rings. The van der Waals surface area contributed by atoms with Gasteiger partial charge in [0.05, 0.1) is 4.90 Å². The highest BCUT2D eigenvalue weighted by molar-refractivity contribution is 9.10. The molecule has 0 aliphatic heterocycles. The Hall–Kier alpha value is -2.64. The van der Waals surface area contributed by atoms with Gasteiger partial charge in [-0.15, -0.1) is 4.40 Å².